The zero-order valence-electron chi connectivity index (χ0n) is 16.3. The van der Waals surface area contributed by atoms with Crippen LogP contribution in [0.5, 0.6) is 0 Å². The molecule has 4 rings (SSSR count). The van der Waals surface area contributed by atoms with Gasteiger partial charge >= 0.3 is 0 Å². The topological polar surface area (TPSA) is 44.3 Å². The minimum Gasteiger partial charge on any atom is -0.385 e. The Morgan fingerprint density at radius 2 is 1.59 bits per heavy atom. The molecule has 0 saturated carbocycles. The first kappa shape index (κ1) is 19.5. The molecule has 0 bridgehead atoms. The summed E-state index contributed by atoms with van der Waals surface area (Å²) in [6, 6.07) is 10.9. The van der Waals surface area contributed by atoms with Crippen molar-refractivity contribution in [1.29, 1.82) is 0 Å². The van der Waals surface area contributed by atoms with Crippen molar-refractivity contribution in [3.63, 3.8) is 0 Å². The van der Waals surface area contributed by atoms with Crippen LogP contribution >= 0.6 is 0 Å². The number of hydrogen-bond donors (Lipinski definition) is 1. The van der Waals surface area contributed by atoms with Crippen molar-refractivity contribution < 1.29 is 8.78 Å². The third kappa shape index (κ3) is 4.79. The average molecular weight is 397 g/mol. The van der Waals surface area contributed by atoms with Gasteiger partial charge in [0.2, 0.25) is 5.95 Å². The van der Waals surface area contributed by atoms with Gasteiger partial charge in [-0.25, -0.2) is 18.7 Å². The standard InChI is InChI=1S/C22H25F2N5/c23-17-15-26-22(27-16-17)29-13-11-28(12-14-29)10-4-3-9-25-21-8-7-20(24)18-5-1-2-6-19(18)21/h1-2,5-8,15-16,25H,3-4,9-14H2. The Bertz CT molecular complexity index is 940. The first-order valence-corrected chi connectivity index (χ1v) is 10.1. The molecule has 0 radical (unpaired) electrons. The number of anilines is 2. The molecule has 2 aromatic carbocycles. The van der Waals surface area contributed by atoms with Crippen LogP contribution in [0.25, 0.3) is 10.8 Å². The van der Waals surface area contributed by atoms with E-state index in [1.807, 2.05) is 30.3 Å². The van der Waals surface area contributed by atoms with Crippen LogP contribution in [0.1, 0.15) is 12.8 Å². The van der Waals surface area contributed by atoms with Gasteiger partial charge in [0.15, 0.2) is 5.82 Å². The summed E-state index contributed by atoms with van der Waals surface area (Å²) < 4.78 is 26.9. The molecule has 1 aromatic heterocycles. The van der Waals surface area contributed by atoms with Crippen molar-refractivity contribution in [2.24, 2.45) is 0 Å². The van der Waals surface area contributed by atoms with Crippen molar-refractivity contribution in [3.05, 3.63) is 60.4 Å². The Labute approximate surface area is 169 Å². The molecule has 29 heavy (non-hydrogen) atoms. The SMILES string of the molecule is Fc1cnc(N2CCN(CCCCNc3ccc(F)c4ccccc34)CC2)nc1. The summed E-state index contributed by atoms with van der Waals surface area (Å²) in [6.07, 6.45) is 4.57. The summed E-state index contributed by atoms with van der Waals surface area (Å²) >= 11 is 0. The summed E-state index contributed by atoms with van der Waals surface area (Å²) in [5, 5.41) is 5.02. The second kappa shape index (κ2) is 9.13. The number of benzene rings is 2. The third-order valence-electron chi connectivity index (χ3n) is 5.35. The normalized spacial score (nSPS) is 15.0. The molecule has 3 aromatic rings. The van der Waals surface area contributed by atoms with E-state index < -0.39 is 5.82 Å². The number of nitrogens with one attached hydrogen (secondary N) is 1. The van der Waals surface area contributed by atoms with Gasteiger partial charge in [0.25, 0.3) is 0 Å². The Morgan fingerprint density at radius 1 is 0.862 bits per heavy atom. The Kier molecular flexibility index (Phi) is 6.14. The zero-order valence-corrected chi connectivity index (χ0v) is 16.3. The van der Waals surface area contributed by atoms with E-state index in [4.69, 9.17) is 0 Å². The lowest BCUT2D eigenvalue weighted by Crippen LogP contribution is -2.47. The van der Waals surface area contributed by atoms with Gasteiger partial charge in [-0.15, -0.1) is 0 Å². The molecule has 1 aliphatic heterocycles. The molecule has 0 amide bonds. The molecule has 0 unspecified atom stereocenters. The highest BCUT2D eigenvalue weighted by Crippen LogP contribution is 2.25. The van der Waals surface area contributed by atoms with E-state index in [1.54, 1.807) is 0 Å². The maximum atomic E-state index is 13.9. The fraction of sp³-hybridized carbons (Fsp3) is 0.364. The van der Waals surface area contributed by atoms with Crippen LogP contribution in [0.2, 0.25) is 0 Å². The van der Waals surface area contributed by atoms with Gasteiger partial charge in [-0.3, -0.25) is 4.90 Å². The first-order valence-electron chi connectivity index (χ1n) is 10.1. The second-order valence-corrected chi connectivity index (χ2v) is 7.30. The summed E-state index contributed by atoms with van der Waals surface area (Å²) in [4.78, 5) is 12.6. The third-order valence-corrected chi connectivity index (χ3v) is 5.35. The van der Waals surface area contributed by atoms with Crippen LogP contribution in [-0.4, -0.2) is 54.1 Å². The number of hydrogen-bond acceptors (Lipinski definition) is 5. The molecule has 2 heterocycles. The zero-order chi connectivity index (χ0) is 20.1. The van der Waals surface area contributed by atoms with Gasteiger partial charge in [0.1, 0.15) is 5.82 Å². The van der Waals surface area contributed by atoms with Crippen LogP contribution in [0.4, 0.5) is 20.4 Å². The van der Waals surface area contributed by atoms with Gasteiger partial charge in [0.05, 0.1) is 12.4 Å². The van der Waals surface area contributed by atoms with Crippen molar-refractivity contribution in [1.82, 2.24) is 14.9 Å². The van der Waals surface area contributed by atoms with Crippen LogP contribution in [0.15, 0.2) is 48.8 Å². The predicted molar refractivity (Wildman–Crippen MR) is 112 cm³/mol. The molecule has 1 fully saturated rings. The number of piperazine rings is 1. The van der Waals surface area contributed by atoms with Gasteiger partial charge in [0, 0.05) is 49.2 Å². The maximum Gasteiger partial charge on any atom is 0.225 e. The number of nitrogens with zero attached hydrogens (tertiary/aromatic N) is 4. The van der Waals surface area contributed by atoms with Gasteiger partial charge in [-0.05, 0) is 31.5 Å². The van der Waals surface area contributed by atoms with E-state index in [2.05, 4.69) is 25.1 Å². The summed E-state index contributed by atoms with van der Waals surface area (Å²) in [5.41, 5.74) is 0.981. The largest absolute Gasteiger partial charge is 0.385 e. The molecule has 7 heteroatoms. The molecular formula is C22H25F2N5. The van der Waals surface area contributed by atoms with Crippen molar-refractivity contribution in [2.75, 3.05) is 49.5 Å². The Hall–Kier alpha value is -2.80. The summed E-state index contributed by atoms with van der Waals surface area (Å²) in [6.45, 7) is 5.52. The second-order valence-electron chi connectivity index (χ2n) is 7.30. The molecule has 152 valence electrons. The van der Waals surface area contributed by atoms with E-state index in [9.17, 15) is 8.78 Å². The molecule has 1 aliphatic rings. The highest BCUT2D eigenvalue weighted by Gasteiger charge is 2.18. The van der Waals surface area contributed by atoms with Crippen LogP contribution in [0.3, 0.4) is 0 Å². The molecule has 1 saturated heterocycles. The maximum absolute atomic E-state index is 13.9. The average Bonchev–Trinajstić information content (AvgIpc) is 2.76. The minimum atomic E-state index is -0.408. The smallest absolute Gasteiger partial charge is 0.225 e. The fourth-order valence-electron chi connectivity index (χ4n) is 3.74. The number of halogens is 2. The van der Waals surface area contributed by atoms with E-state index in [1.165, 1.54) is 18.5 Å². The lowest BCUT2D eigenvalue weighted by atomic mass is 10.1. The molecule has 5 nitrogen and oxygen atoms in total. The number of fused-ring (bicyclic) bond motifs is 1. The quantitative estimate of drug-likeness (QED) is 0.612. The van der Waals surface area contributed by atoms with Gasteiger partial charge in [-0.2, -0.15) is 0 Å². The first-order chi connectivity index (χ1) is 14.2. The Balaban J connectivity index is 1.18. The van der Waals surface area contributed by atoms with E-state index in [-0.39, 0.29) is 5.82 Å². The summed E-state index contributed by atoms with van der Waals surface area (Å²) in [7, 11) is 0. The van der Waals surface area contributed by atoms with E-state index in [0.29, 0.717) is 11.3 Å². The van der Waals surface area contributed by atoms with Crippen molar-refractivity contribution in [3.8, 4) is 0 Å². The summed E-state index contributed by atoms with van der Waals surface area (Å²) in [5.74, 6) is 0.00716. The molecule has 0 spiro atoms. The van der Waals surface area contributed by atoms with E-state index >= 15 is 0 Å². The lowest BCUT2D eigenvalue weighted by Gasteiger charge is -2.34. The minimum absolute atomic E-state index is 0.184. The molecule has 0 atom stereocenters. The number of aromatic nitrogens is 2. The van der Waals surface area contributed by atoms with Crippen molar-refractivity contribution in [2.45, 2.75) is 12.8 Å². The highest BCUT2D eigenvalue weighted by atomic mass is 19.1. The van der Waals surface area contributed by atoms with E-state index in [0.717, 1.165) is 63.2 Å². The number of unbranched alkanes of at least 4 members (excludes halogenated alkanes) is 1. The lowest BCUT2D eigenvalue weighted by molar-refractivity contribution is 0.252. The molecule has 1 N–H and O–H groups in total. The molecule has 0 aliphatic carbocycles. The van der Waals surface area contributed by atoms with Gasteiger partial charge in [-0.1, -0.05) is 24.3 Å². The van der Waals surface area contributed by atoms with Gasteiger partial charge < -0.3 is 10.2 Å². The van der Waals surface area contributed by atoms with Crippen molar-refractivity contribution >= 4 is 22.4 Å². The number of rotatable bonds is 7. The molecular weight excluding hydrogens is 372 g/mol. The fourth-order valence-corrected chi connectivity index (χ4v) is 3.74. The highest BCUT2D eigenvalue weighted by molar-refractivity contribution is 5.94. The van der Waals surface area contributed by atoms with Crippen LogP contribution < -0.4 is 10.2 Å². The monoisotopic (exact) mass is 397 g/mol. The Morgan fingerprint density at radius 3 is 2.34 bits per heavy atom. The predicted octanol–water partition coefficient (Wildman–Crippen LogP) is 3.92. The van der Waals surface area contributed by atoms with Crippen LogP contribution in [0, 0.1) is 11.6 Å². The van der Waals surface area contributed by atoms with Crippen LogP contribution in [-0.2, 0) is 0 Å².